The molecule has 4 amide bonds. The molecule has 0 aliphatic carbocycles. The molecule has 0 radical (unpaired) electrons. The normalized spacial score (nSPS) is 25.7. The minimum atomic E-state index is -4.74. The van der Waals surface area contributed by atoms with Crippen LogP contribution in [0.2, 0.25) is 0 Å². The van der Waals surface area contributed by atoms with Crippen LogP contribution in [0.15, 0.2) is 21.2 Å². The standard InChI is InChI=1S/C18H29N7O2.C16H25N5O6S.CH4/c1-23-13-2-3-16(25(11-13)18(23)26)15-10-14(27-22-15)4-7-21-12-5-8-24(9-6-12)17(19)20;22-16-20-10-12(21(16)27-28(23,24)25)1-2-15(20)14-9-13(26-19-14)5-8-18-11-3-6-17-7-4-11;/h10,12-13,16,21H,2-9,11H2,1H3,(H3,19,20);9,11-12,15,17-18H,1-8,10H2,(H,23,24,25);1H4/t13-,16+;12-,15+;/m11./s1. The van der Waals surface area contributed by atoms with E-state index in [0.717, 1.165) is 113 Å². The summed E-state index contributed by atoms with van der Waals surface area (Å²) in [5.74, 6) is 1.77. The number of hydrogen-bond donors (Lipinski definition) is 6. The number of nitrogens with zero attached hydrogens (tertiary/aromatic N) is 7. The number of guanidine groups is 1. The molecule has 2 aromatic heterocycles. The highest BCUT2D eigenvalue weighted by Gasteiger charge is 2.48. The van der Waals surface area contributed by atoms with Crippen LogP contribution in [-0.2, 0) is 27.5 Å². The average Bonchev–Trinajstić information content (AvgIpc) is 3.94. The number of piperidine rings is 4. The molecule has 6 fully saturated rings. The molecule has 6 aliphatic rings. The van der Waals surface area contributed by atoms with Crippen LogP contribution >= 0.6 is 0 Å². The van der Waals surface area contributed by atoms with Crippen LogP contribution in [0.5, 0.6) is 0 Å². The number of fused-ring (bicyclic) bond motifs is 4. The first-order valence-corrected chi connectivity index (χ1v) is 20.8. The Morgan fingerprint density at radius 1 is 0.875 bits per heavy atom. The second-order valence-corrected chi connectivity index (χ2v) is 16.3. The number of urea groups is 2. The van der Waals surface area contributed by atoms with Gasteiger partial charge in [-0.15, -0.1) is 4.28 Å². The van der Waals surface area contributed by atoms with E-state index in [0.29, 0.717) is 49.6 Å². The number of amides is 4. The predicted octanol–water partition coefficient (Wildman–Crippen LogP) is 1.61. The number of nitrogens with one attached hydrogen (secondary N) is 4. The Bertz CT molecular complexity index is 1760. The maximum Gasteiger partial charge on any atom is 0.418 e. The number of likely N-dealkylation sites (N-methyl/N-ethyl adjacent to an activating group) is 1. The van der Waals surface area contributed by atoms with E-state index in [1.807, 2.05) is 33.9 Å². The Labute approximate surface area is 328 Å². The summed E-state index contributed by atoms with van der Waals surface area (Å²) >= 11 is 0. The van der Waals surface area contributed by atoms with E-state index in [4.69, 9.17) is 24.7 Å². The largest absolute Gasteiger partial charge is 0.418 e. The summed E-state index contributed by atoms with van der Waals surface area (Å²) < 4.78 is 46.2. The van der Waals surface area contributed by atoms with Gasteiger partial charge >= 0.3 is 22.5 Å². The lowest BCUT2D eigenvalue weighted by Gasteiger charge is -2.32. The lowest BCUT2D eigenvalue weighted by atomic mass is 9.98. The maximum absolute atomic E-state index is 12.5. The molecule has 4 bridgehead atoms. The minimum absolute atomic E-state index is 0. The molecule has 312 valence electrons. The van der Waals surface area contributed by atoms with Crippen molar-refractivity contribution in [2.75, 3.05) is 59.4 Å². The van der Waals surface area contributed by atoms with E-state index in [2.05, 4.69) is 30.5 Å². The van der Waals surface area contributed by atoms with E-state index in [1.54, 1.807) is 0 Å². The fourth-order valence-corrected chi connectivity index (χ4v) is 9.03. The van der Waals surface area contributed by atoms with Gasteiger partial charge in [0.05, 0.1) is 24.2 Å². The maximum atomic E-state index is 12.5. The molecule has 0 saturated carbocycles. The van der Waals surface area contributed by atoms with Gasteiger partial charge in [0.15, 0.2) is 5.96 Å². The Balaban J connectivity index is 0.000000187. The quantitative estimate of drug-likeness (QED) is 0.101. The van der Waals surface area contributed by atoms with Gasteiger partial charge in [-0.3, -0.25) is 9.96 Å². The molecule has 7 N–H and O–H groups in total. The first-order valence-electron chi connectivity index (χ1n) is 19.4. The van der Waals surface area contributed by atoms with Gasteiger partial charge in [-0.25, -0.2) is 9.59 Å². The third-order valence-corrected chi connectivity index (χ3v) is 12.1. The molecule has 21 heteroatoms. The SMILES string of the molecule is C.CN1C(=O)N2C[C@H]1CC[C@H]2c1cc(CCNC2CCN(C(=N)N)CC2)on1.O=C1N2C[C@@H](CC[C@H]2c2cc(CCNC3CCNCC3)on2)N1OS(=O)(=O)O. The Morgan fingerprint density at radius 3 is 1.95 bits per heavy atom. The zero-order valence-electron chi connectivity index (χ0n) is 31.3. The van der Waals surface area contributed by atoms with Crippen molar-refractivity contribution in [1.82, 2.24) is 50.9 Å². The van der Waals surface area contributed by atoms with E-state index in [1.165, 1.54) is 4.90 Å². The van der Waals surface area contributed by atoms with Crippen molar-refractivity contribution in [1.29, 1.82) is 5.41 Å². The zero-order chi connectivity index (χ0) is 38.7. The minimum Gasteiger partial charge on any atom is -0.370 e. The second-order valence-electron chi connectivity index (χ2n) is 15.3. The summed E-state index contributed by atoms with van der Waals surface area (Å²) in [6, 6.07) is 4.03. The van der Waals surface area contributed by atoms with Gasteiger partial charge < -0.3 is 50.3 Å². The van der Waals surface area contributed by atoms with Crippen molar-refractivity contribution in [3.8, 4) is 0 Å². The zero-order valence-corrected chi connectivity index (χ0v) is 32.1. The first kappa shape index (κ1) is 41.6. The van der Waals surface area contributed by atoms with E-state index >= 15 is 0 Å². The summed E-state index contributed by atoms with van der Waals surface area (Å²) in [5.41, 5.74) is 7.06. The van der Waals surface area contributed by atoms with Crippen LogP contribution < -0.4 is 21.7 Å². The van der Waals surface area contributed by atoms with Gasteiger partial charge in [0.25, 0.3) is 0 Å². The van der Waals surface area contributed by atoms with Crippen LogP contribution in [0.1, 0.15) is 93.8 Å². The number of hydroxylamine groups is 2. The molecule has 4 atom stereocenters. The number of rotatable bonds is 12. The van der Waals surface area contributed by atoms with Gasteiger partial charge in [-0.1, -0.05) is 17.7 Å². The first-order chi connectivity index (χ1) is 26.4. The Kier molecular flexibility index (Phi) is 13.4. The van der Waals surface area contributed by atoms with Gasteiger partial charge in [-0.2, -0.15) is 13.5 Å². The molecule has 0 aromatic carbocycles. The topological polar surface area (TPSA) is 252 Å². The molecule has 0 unspecified atom stereocenters. The Hall–Kier alpha value is -4.02. The van der Waals surface area contributed by atoms with Crippen LogP contribution in [0, 0.1) is 5.41 Å². The van der Waals surface area contributed by atoms with Gasteiger partial charge in [0, 0.05) is 83.4 Å². The van der Waals surface area contributed by atoms with E-state index < -0.39 is 22.5 Å². The van der Waals surface area contributed by atoms with Crippen LogP contribution in [0.4, 0.5) is 9.59 Å². The summed E-state index contributed by atoms with van der Waals surface area (Å²) in [6.07, 6.45) is 8.83. The fraction of sp³-hybridized carbons (Fsp3) is 0.743. The number of carbonyl (C=O) groups is 2. The smallest absolute Gasteiger partial charge is 0.370 e. The van der Waals surface area contributed by atoms with Gasteiger partial charge in [-0.05, 0) is 64.5 Å². The summed E-state index contributed by atoms with van der Waals surface area (Å²) in [4.78, 5) is 32.0. The molecule has 8 rings (SSSR count). The molecule has 0 spiro atoms. The molecule has 20 nitrogen and oxygen atoms in total. The van der Waals surface area contributed by atoms with Gasteiger partial charge in [0.1, 0.15) is 22.9 Å². The highest BCUT2D eigenvalue weighted by Crippen LogP contribution is 2.39. The predicted molar refractivity (Wildman–Crippen MR) is 204 cm³/mol. The number of carbonyl (C=O) groups excluding carboxylic acids is 2. The highest BCUT2D eigenvalue weighted by atomic mass is 32.3. The molecule has 56 heavy (non-hydrogen) atoms. The monoisotopic (exact) mass is 806 g/mol. The molecular formula is C35H58N12O8S. The van der Waals surface area contributed by atoms with Crippen molar-refractivity contribution in [2.24, 2.45) is 5.73 Å². The Morgan fingerprint density at radius 2 is 1.39 bits per heavy atom. The summed E-state index contributed by atoms with van der Waals surface area (Å²) in [5, 5.41) is 27.0. The number of nitrogens with two attached hydrogens (primary N) is 1. The number of likely N-dealkylation sites (tertiary alicyclic amines) is 1. The van der Waals surface area contributed by atoms with Crippen molar-refractivity contribution in [3.05, 3.63) is 35.0 Å². The summed E-state index contributed by atoms with van der Waals surface area (Å²) in [6.45, 7) is 6.48. The summed E-state index contributed by atoms with van der Waals surface area (Å²) in [7, 11) is -2.86. The van der Waals surface area contributed by atoms with Crippen molar-refractivity contribution in [3.63, 3.8) is 0 Å². The molecule has 6 aliphatic heterocycles. The third kappa shape index (κ3) is 9.74. The highest BCUT2D eigenvalue weighted by molar-refractivity contribution is 7.80. The van der Waals surface area contributed by atoms with Crippen LogP contribution in [0.3, 0.4) is 0 Å². The van der Waals surface area contributed by atoms with Crippen molar-refractivity contribution < 1.29 is 35.9 Å². The third-order valence-electron chi connectivity index (χ3n) is 11.8. The average molecular weight is 807 g/mol. The van der Waals surface area contributed by atoms with Crippen LogP contribution in [-0.4, -0.2) is 150 Å². The van der Waals surface area contributed by atoms with Crippen molar-refractivity contribution in [2.45, 2.75) is 108 Å². The van der Waals surface area contributed by atoms with E-state index in [-0.39, 0.29) is 31.5 Å². The number of hydrogen-bond acceptors (Lipinski definition) is 13. The van der Waals surface area contributed by atoms with Crippen molar-refractivity contribution >= 4 is 28.4 Å². The molecular weight excluding hydrogens is 749 g/mol. The van der Waals surface area contributed by atoms with E-state index in [9.17, 15) is 18.0 Å². The van der Waals surface area contributed by atoms with Crippen LogP contribution in [0.25, 0.3) is 0 Å². The fourth-order valence-electron chi connectivity index (χ4n) is 8.64. The lowest BCUT2D eigenvalue weighted by molar-refractivity contribution is -0.0317. The molecule has 6 saturated heterocycles. The van der Waals surface area contributed by atoms with Gasteiger partial charge in [0.2, 0.25) is 0 Å². The molecule has 8 heterocycles. The molecule has 2 aromatic rings. The lowest BCUT2D eigenvalue weighted by Crippen LogP contribution is -2.47. The number of aromatic nitrogens is 2. The second kappa shape index (κ2) is 18.1.